The molecule has 4 nitrogen and oxygen atoms in total. The monoisotopic (exact) mass is 282 g/mol. The summed E-state index contributed by atoms with van der Waals surface area (Å²) in [6, 6.07) is 9.99. The van der Waals surface area contributed by atoms with E-state index in [2.05, 4.69) is 39.3 Å². The molecule has 0 aliphatic rings. The molecule has 0 radical (unpaired) electrons. The van der Waals surface area contributed by atoms with E-state index < -0.39 is 0 Å². The first-order valence-electron chi connectivity index (χ1n) is 6.30. The van der Waals surface area contributed by atoms with Gasteiger partial charge in [0.2, 0.25) is 5.95 Å². The van der Waals surface area contributed by atoms with E-state index in [1.807, 2.05) is 31.3 Å². The number of benzene rings is 1. The number of hydrogen-bond acceptors (Lipinski definition) is 5. The van der Waals surface area contributed by atoms with Crippen molar-refractivity contribution in [1.82, 2.24) is 15.0 Å². The third kappa shape index (κ3) is 2.83. The minimum atomic E-state index is 0.584. The van der Waals surface area contributed by atoms with Gasteiger partial charge in [0.15, 0.2) is 0 Å². The van der Waals surface area contributed by atoms with E-state index in [-0.39, 0.29) is 0 Å². The highest BCUT2D eigenvalue weighted by Gasteiger charge is 2.06. The quantitative estimate of drug-likeness (QED) is 0.790. The second kappa shape index (κ2) is 5.38. The Balaban J connectivity index is 1.88. The second-order valence-corrected chi connectivity index (χ2v) is 5.77. The molecule has 2 aromatic heterocycles. The van der Waals surface area contributed by atoms with Crippen LogP contribution in [0.3, 0.4) is 0 Å². The van der Waals surface area contributed by atoms with Crippen LogP contribution in [0.4, 0.5) is 11.6 Å². The second-order valence-electron chi connectivity index (χ2n) is 4.54. The van der Waals surface area contributed by atoms with Gasteiger partial charge in [-0.25, -0.2) is 15.0 Å². The average Bonchev–Trinajstić information content (AvgIpc) is 2.86. The van der Waals surface area contributed by atoms with Gasteiger partial charge in [0.1, 0.15) is 10.7 Å². The molecule has 0 aliphatic carbocycles. The van der Waals surface area contributed by atoms with Gasteiger partial charge < -0.3 is 5.32 Å². The van der Waals surface area contributed by atoms with E-state index in [0.29, 0.717) is 5.95 Å². The summed E-state index contributed by atoms with van der Waals surface area (Å²) in [5.74, 6) is 0.584. The summed E-state index contributed by atoms with van der Waals surface area (Å²) in [5.41, 5.74) is 3.02. The fourth-order valence-corrected chi connectivity index (χ4v) is 2.60. The Morgan fingerprint density at radius 1 is 1.10 bits per heavy atom. The smallest absolute Gasteiger partial charge is 0.227 e. The Morgan fingerprint density at radius 3 is 2.75 bits per heavy atom. The molecule has 3 rings (SSSR count). The molecule has 2 heterocycles. The number of hydrogen-bond donors (Lipinski definition) is 1. The number of rotatable bonds is 3. The van der Waals surface area contributed by atoms with Gasteiger partial charge in [-0.2, -0.15) is 0 Å². The van der Waals surface area contributed by atoms with Crippen LogP contribution in [0, 0.1) is 13.8 Å². The minimum Gasteiger partial charge on any atom is -0.324 e. The number of thiazole rings is 1. The Hall–Kier alpha value is -2.27. The largest absolute Gasteiger partial charge is 0.324 e. The molecule has 20 heavy (non-hydrogen) atoms. The van der Waals surface area contributed by atoms with Crippen molar-refractivity contribution in [1.29, 1.82) is 0 Å². The molecule has 0 spiro atoms. The molecule has 0 saturated heterocycles. The SMILES string of the molecule is Cc1cccc(Nc2nccc(-c3ncc(C)s3)n2)c1. The van der Waals surface area contributed by atoms with Crippen molar-refractivity contribution in [2.45, 2.75) is 13.8 Å². The molecular formula is C15H14N4S. The number of nitrogens with zero attached hydrogens (tertiary/aromatic N) is 3. The normalized spacial score (nSPS) is 10.5. The van der Waals surface area contributed by atoms with E-state index in [9.17, 15) is 0 Å². The molecule has 0 atom stereocenters. The van der Waals surface area contributed by atoms with Gasteiger partial charge in [-0.1, -0.05) is 12.1 Å². The third-order valence-electron chi connectivity index (χ3n) is 2.77. The van der Waals surface area contributed by atoms with Crippen molar-refractivity contribution in [3.8, 4) is 10.7 Å². The van der Waals surface area contributed by atoms with Crippen LogP contribution in [0.5, 0.6) is 0 Å². The van der Waals surface area contributed by atoms with Crippen LogP contribution in [-0.4, -0.2) is 15.0 Å². The van der Waals surface area contributed by atoms with E-state index in [1.54, 1.807) is 17.5 Å². The summed E-state index contributed by atoms with van der Waals surface area (Å²) in [7, 11) is 0. The zero-order valence-electron chi connectivity index (χ0n) is 11.3. The van der Waals surface area contributed by atoms with Crippen LogP contribution < -0.4 is 5.32 Å². The maximum atomic E-state index is 4.51. The molecule has 0 saturated carbocycles. The first-order valence-corrected chi connectivity index (χ1v) is 7.12. The first-order chi connectivity index (χ1) is 9.70. The predicted octanol–water partition coefficient (Wildman–Crippen LogP) is 3.96. The van der Waals surface area contributed by atoms with Crippen molar-refractivity contribution in [2.24, 2.45) is 0 Å². The maximum Gasteiger partial charge on any atom is 0.227 e. The molecule has 100 valence electrons. The van der Waals surface area contributed by atoms with Crippen molar-refractivity contribution in [3.05, 3.63) is 53.2 Å². The van der Waals surface area contributed by atoms with Crippen LogP contribution in [0.15, 0.2) is 42.7 Å². The van der Waals surface area contributed by atoms with Crippen LogP contribution in [0.2, 0.25) is 0 Å². The highest BCUT2D eigenvalue weighted by Crippen LogP contribution is 2.24. The number of aryl methyl sites for hydroxylation is 2. The predicted molar refractivity (Wildman–Crippen MR) is 82.3 cm³/mol. The Kier molecular flexibility index (Phi) is 3.43. The lowest BCUT2D eigenvalue weighted by Crippen LogP contribution is -1.97. The Bertz CT molecular complexity index is 736. The molecule has 0 aliphatic heterocycles. The molecule has 5 heteroatoms. The molecule has 3 aromatic rings. The highest BCUT2D eigenvalue weighted by atomic mass is 32.1. The number of aromatic nitrogens is 3. The summed E-state index contributed by atoms with van der Waals surface area (Å²) in [5, 5.41) is 4.13. The van der Waals surface area contributed by atoms with Gasteiger partial charge >= 0.3 is 0 Å². The van der Waals surface area contributed by atoms with Gasteiger partial charge in [0.05, 0.1) is 0 Å². The first kappa shape index (κ1) is 12.7. The molecule has 0 unspecified atom stereocenters. The zero-order valence-corrected chi connectivity index (χ0v) is 12.1. The lowest BCUT2D eigenvalue weighted by molar-refractivity contribution is 1.16. The minimum absolute atomic E-state index is 0.584. The summed E-state index contributed by atoms with van der Waals surface area (Å²) < 4.78 is 0. The fraction of sp³-hybridized carbons (Fsp3) is 0.133. The molecule has 1 N–H and O–H groups in total. The van der Waals surface area contributed by atoms with Crippen LogP contribution in [-0.2, 0) is 0 Å². The Labute approximate surface area is 121 Å². The number of nitrogens with one attached hydrogen (secondary N) is 1. The van der Waals surface area contributed by atoms with Crippen molar-refractivity contribution in [2.75, 3.05) is 5.32 Å². The van der Waals surface area contributed by atoms with Crippen LogP contribution >= 0.6 is 11.3 Å². The van der Waals surface area contributed by atoms with Crippen molar-refractivity contribution < 1.29 is 0 Å². The van der Waals surface area contributed by atoms with Crippen LogP contribution in [0.25, 0.3) is 10.7 Å². The van der Waals surface area contributed by atoms with E-state index in [0.717, 1.165) is 16.4 Å². The summed E-state index contributed by atoms with van der Waals surface area (Å²) in [6.45, 7) is 4.09. The zero-order chi connectivity index (χ0) is 13.9. The standard InChI is InChI=1S/C15H14N4S/c1-10-4-3-5-12(8-10)18-15-16-7-6-13(19-15)14-17-9-11(2)20-14/h3-9H,1-2H3,(H,16,18,19). The third-order valence-corrected chi connectivity index (χ3v) is 3.71. The lowest BCUT2D eigenvalue weighted by atomic mass is 10.2. The van der Waals surface area contributed by atoms with E-state index >= 15 is 0 Å². The average molecular weight is 282 g/mol. The summed E-state index contributed by atoms with van der Waals surface area (Å²) in [6.07, 6.45) is 3.60. The maximum absolute atomic E-state index is 4.51. The summed E-state index contributed by atoms with van der Waals surface area (Å²) >= 11 is 1.63. The van der Waals surface area contributed by atoms with Gasteiger partial charge in [-0.05, 0) is 37.6 Å². The van der Waals surface area contributed by atoms with Crippen LogP contribution in [0.1, 0.15) is 10.4 Å². The number of anilines is 2. The van der Waals surface area contributed by atoms with E-state index in [4.69, 9.17) is 0 Å². The molecule has 0 bridgehead atoms. The van der Waals surface area contributed by atoms with E-state index in [1.165, 1.54) is 10.4 Å². The van der Waals surface area contributed by atoms with Crippen molar-refractivity contribution >= 4 is 23.0 Å². The molecule has 1 aromatic carbocycles. The lowest BCUT2D eigenvalue weighted by Gasteiger charge is -2.06. The van der Waals surface area contributed by atoms with Crippen molar-refractivity contribution in [3.63, 3.8) is 0 Å². The topological polar surface area (TPSA) is 50.7 Å². The summed E-state index contributed by atoms with van der Waals surface area (Å²) in [4.78, 5) is 14.3. The molecular weight excluding hydrogens is 268 g/mol. The van der Waals surface area contributed by atoms with Gasteiger partial charge in [-0.3, -0.25) is 0 Å². The van der Waals surface area contributed by atoms with Gasteiger partial charge in [0, 0.05) is 23.0 Å². The molecule has 0 fully saturated rings. The highest BCUT2D eigenvalue weighted by molar-refractivity contribution is 7.14. The fourth-order valence-electron chi connectivity index (χ4n) is 1.86. The Morgan fingerprint density at radius 2 is 2.00 bits per heavy atom. The van der Waals surface area contributed by atoms with Gasteiger partial charge in [-0.15, -0.1) is 11.3 Å². The molecule has 0 amide bonds. The van der Waals surface area contributed by atoms with Gasteiger partial charge in [0.25, 0.3) is 0 Å².